The van der Waals surface area contributed by atoms with Crippen LogP contribution >= 0.6 is 0 Å². The van der Waals surface area contributed by atoms with Crippen LogP contribution in [0.2, 0.25) is 0 Å². The van der Waals surface area contributed by atoms with Gasteiger partial charge in [-0.25, -0.2) is 8.42 Å². The van der Waals surface area contributed by atoms with Crippen molar-refractivity contribution in [2.75, 3.05) is 10.0 Å². The van der Waals surface area contributed by atoms with Gasteiger partial charge in [-0.2, -0.15) is 0 Å². The topological polar surface area (TPSA) is 75.3 Å². The quantitative estimate of drug-likeness (QED) is 0.582. The molecule has 0 fully saturated rings. The monoisotopic (exact) mass is 410 g/mol. The molecule has 0 aliphatic heterocycles. The maximum Gasteiger partial charge on any atom is 0.261 e. The molecule has 3 aromatic carbocycles. The molecule has 0 aliphatic carbocycles. The van der Waals surface area contributed by atoms with Crippen LogP contribution in [0.5, 0.6) is 0 Å². The highest BCUT2D eigenvalue weighted by atomic mass is 32.2. The SMILES string of the molecule is CC(C)C(C)(C)C(=O)Nc1cccc(NS(=O)(=O)c2ccc3ccccc3c2)c1. The Morgan fingerprint density at radius 3 is 2.21 bits per heavy atom. The molecule has 0 heterocycles. The molecule has 6 heteroatoms. The second-order valence-corrected chi connectivity index (χ2v) is 9.71. The third-order valence-electron chi connectivity index (χ3n) is 5.43. The predicted octanol–water partition coefficient (Wildman–Crippen LogP) is 5.26. The minimum atomic E-state index is -3.75. The van der Waals surface area contributed by atoms with E-state index in [9.17, 15) is 13.2 Å². The molecule has 2 N–H and O–H groups in total. The number of carbonyl (C=O) groups is 1. The largest absolute Gasteiger partial charge is 0.326 e. The first-order chi connectivity index (χ1) is 13.6. The Labute approximate surface area is 172 Å². The highest BCUT2D eigenvalue weighted by molar-refractivity contribution is 7.92. The van der Waals surface area contributed by atoms with E-state index in [-0.39, 0.29) is 16.7 Å². The number of fused-ring (bicyclic) bond motifs is 1. The molecule has 0 unspecified atom stereocenters. The van der Waals surface area contributed by atoms with E-state index in [2.05, 4.69) is 10.0 Å². The van der Waals surface area contributed by atoms with Crippen LogP contribution in [0, 0.1) is 11.3 Å². The van der Waals surface area contributed by atoms with Crippen LogP contribution in [0.3, 0.4) is 0 Å². The molecule has 0 saturated heterocycles. The molecular formula is C23H26N2O3S. The van der Waals surface area contributed by atoms with Crippen LogP contribution in [0.25, 0.3) is 10.8 Å². The maximum absolute atomic E-state index is 12.8. The molecule has 0 bridgehead atoms. The second-order valence-electron chi connectivity index (χ2n) is 8.03. The average Bonchev–Trinajstić information content (AvgIpc) is 2.67. The highest BCUT2D eigenvalue weighted by Gasteiger charge is 2.31. The Morgan fingerprint density at radius 2 is 1.52 bits per heavy atom. The van der Waals surface area contributed by atoms with Crippen LogP contribution in [0.15, 0.2) is 71.6 Å². The molecule has 0 saturated carbocycles. The van der Waals surface area contributed by atoms with E-state index >= 15 is 0 Å². The highest BCUT2D eigenvalue weighted by Crippen LogP contribution is 2.29. The van der Waals surface area contributed by atoms with Crippen molar-refractivity contribution in [2.24, 2.45) is 11.3 Å². The smallest absolute Gasteiger partial charge is 0.261 e. The predicted molar refractivity (Wildman–Crippen MR) is 118 cm³/mol. The lowest BCUT2D eigenvalue weighted by atomic mass is 9.80. The van der Waals surface area contributed by atoms with E-state index in [0.29, 0.717) is 11.4 Å². The zero-order valence-electron chi connectivity index (χ0n) is 17.1. The van der Waals surface area contributed by atoms with Gasteiger partial charge in [0, 0.05) is 11.1 Å². The van der Waals surface area contributed by atoms with Crippen LogP contribution in [-0.4, -0.2) is 14.3 Å². The zero-order valence-corrected chi connectivity index (χ0v) is 17.9. The summed E-state index contributed by atoms with van der Waals surface area (Å²) in [4.78, 5) is 12.8. The van der Waals surface area contributed by atoms with Crippen molar-refractivity contribution < 1.29 is 13.2 Å². The van der Waals surface area contributed by atoms with E-state index in [4.69, 9.17) is 0 Å². The van der Waals surface area contributed by atoms with E-state index in [0.717, 1.165) is 10.8 Å². The minimum absolute atomic E-state index is 0.109. The molecule has 1 amide bonds. The Bertz CT molecular complexity index is 1150. The third-order valence-corrected chi connectivity index (χ3v) is 6.81. The molecule has 3 rings (SSSR count). The average molecular weight is 411 g/mol. The maximum atomic E-state index is 12.8. The lowest BCUT2D eigenvalue weighted by Gasteiger charge is -2.27. The van der Waals surface area contributed by atoms with E-state index in [1.807, 2.05) is 52.0 Å². The number of hydrogen-bond acceptors (Lipinski definition) is 3. The summed E-state index contributed by atoms with van der Waals surface area (Å²) in [5, 5.41) is 4.71. The molecule has 152 valence electrons. The molecule has 29 heavy (non-hydrogen) atoms. The summed E-state index contributed by atoms with van der Waals surface area (Å²) in [6.07, 6.45) is 0. The number of sulfonamides is 1. The van der Waals surface area contributed by atoms with Crippen molar-refractivity contribution in [3.63, 3.8) is 0 Å². The van der Waals surface area contributed by atoms with Crippen LogP contribution < -0.4 is 10.0 Å². The van der Waals surface area contributed by atoms with Gasteiger partial charge >= 0.3 is 0 Å². The van der Waals surface area contributed by atoms with Gasteiger partial charge in [-0.3, -0.25) is 9.52 Å². The molecule has 3 aromatic rings. The number of amides is 1. The van der Waals surface area contributed by atoms with Crippen molar-refractivity contribution in [1.29, 1.82) is 0 Å². The Balaban J connectivity index is 1.82. The van der Waals surface area contributed by atoms with Gasteiger partial charge in [0.2, 0.25) is 5.91 Å². The van der Waals surface area contributed by atoms with Gasteiger partial charge in [0.15, 0.2) is 0 Å². The molecule has 0 spiro atoms. The second kappa shape index (κ2) is 7.87. The van der Waals surface area contributed by atoms with Crippen molar-refractivity contribution in [3.05, 3.63) is 66.7 Å². The number of carbonyl (C=O) groups excluding carboxylic acids is 1. The molecule has 5 nitrogen and oxygen atoms in total. The third kappa shape index (κ3) is 4.59. The van der Waals surface area contributed by atoms with E-state index < -0.39 is 15.4 Å². The van der Waals surface area contributed by atoms with Gasteiger partial charge < -0.3 is 5.32 Å². The van der Waals surface area contributed by atoms with Gasteiger partial charge in [0.25, 0.3) is 10.0 Å². The van der Waals surface area contributed by atoms with Crippen molar-refractivity contribution >= 4 is 38.1 Å². The number of hydrogen-bond donors (Lipinski definition) is 2. The van der Waals surface area contributed by atoms with Crippen molar-refractivity contribution in [1.82, 2.24) is 0 Å². The van der Waals surface area contributed by atoms with Crippen molar-refractivity contribution in [3.8, 4) is 0 Å². The summed E-state index contributed by atoms with van der Waals surface area (Å²) in [7, 11) is -3.75. The molecular weight excluding hydrogens is 384 g/mol. The van der Waals surface area contributed by atoms with Gasteiger partial charge in [-0.1, -0.05) is 64.1 Å². The van der Waals surface area contributed by atoms with Gasteiger partial charge in [0.1, 0.15) is 0 Å². The van der Waals surface area contributed by atoms with E-state index in [1.54, 1.807) is 42.5 Å². The fourth-order valence-electron chi connectivity index (χ4n) is 2.76. The first-order valence-corrected chi connectivity index (χ1v) is 11.0. The normalized spacial score (nSPS) is 12.2. The molecule has 0 aromatic heterocycles. The summed E-state index contributed by atoms with van der Waals surface area (Å²) < 4.78 is 28.3. The van der Waals surface area contributed by atoms with Gasteiger partial charge in [-0.05, 0) is 47.0 Å². The zero-order chi connectivity index (χ0) is 21.2. The van der Waals surface area contributed by atoms with E-state index in [1.165, 1.54) is 0 Å². The molecule has 0 atom stereocenters. The number of benzene rings is 3. The fraction of sp³-hybridized carbons (Fsp3) is 0.261. The van der Waals surface area contributed by atoms with Crippen LogP contribution in [-0.2, 0) is 14.8 Å². The fourth-order valence-corrected chi connectivity index (χ4v) is 3.85. The molecule has 0 aliphatic rings. The molecule has 0 radical (unpaired) electrons. The van der Waals surface area contributed by atoms with Crippen LogP contribution in [0.1, 0.15) is 27.7 Å². The summed E-state index contributed by atoms with van der Waals surface area (Å²) in [5.74, 6) is 0.0547. The van der Waals surface area contributed by atoms with Gasteiger partial charge in [-0.15, -0.1) is 0 Å². The standard InChI is InChI=1S/C23H26N2O3S/c1-16(2)23(3,4)22(26)24-19-10-7-11-20(15-19)25-29(27,28)21-13-12-17-8-5-6-9-18(17)14-21/h5-16,25H,1-4H3,(H,24,26). The van der Waals surface area contributed by atoms with Gasteiger partial charge in [0.05, 0.1) is 10.6 Å². The summed E-state index contributed by atoms with van der Waals surface area (Å²) in [5.41, 5.74) is 0.390. The first kappa shape index (κ1) is 20.9. The Kier molecular flexibility index (Phi) is 5.66. The lowest BCUT2D eigenvalue weighted by Crippen LogP contribution is -2.35. The van der Waals surface area contributed by atoms with Crippen molar-refractivity contribution in [2.45, 2.75) is 32.6 Å². The number of anilines is 2. The first-order valence-electron chi connectivity index (χ1n) is 9.53. The Morgan fingerprint density at radius 1 is 0.862 bits per heavy atom. The number of rotatable bonds is 6. The summed E-state index contributed by atoms with van der Waals surface area (Å²) in [6, 6.07) is 19.3. The minimum Gasteiger partial charge on any atom is -0.326 e. The number of nitrogens with one attached hydrogen (secondary N) is 2. The summed E-state index contributed by atoms with van der Waals surface area (Å²) >= 11 is 0. The lowest BCUT2D eigenvalue weighted by molar-refractivity contribution is -0.125. The Hall–Kier alpha value is -2.86. The summed E-state index contributed by atoms with van der Waals surface area (Å²) in [6.45, 7) is 7.76. The van der Waals surface area contributed by atoms with Crippen LogP contribution in [0.4, 0.5) is 11.4 Å².